The first-order valence-corrected chi connectivity index (χ1v) is 8.88. The van der Waals surface area contributed by atoms with Gasteiger partial charge in [-0.1, -0.05) is 47.1 Å². The third-order valence-corrected chi connectivity index (χ3v) is 3.97. The van der Waals surface area contributed by atoms with Gasteiger partial charge in [-0.25, -0.2) is 0 Å². The van der Waals surface area contributed by atoms with Crippen LogP contribution in [0.1, 0.15) is 30.9 Å². The van der Waals surface area contributed by atoms with Gasteiger partial charge in [-0.3, -0.25) is 0 Å². The summed E-state index contributed by atoms with van der Waals surface area (Å²) in [6.45, 7) is 5.86. The van der Waals surface area contributed by atoms with Crippen LogP contribution in [0.2, 0.25) is 0 Å². The van der Waals surface area contributed by atoms with Crippen LogP contribution in [-0.4, -0.2) is 23.4 Å². The lowest BCUT2D eigenvalue weighted by molar-refractivity contribution is 0.229. The van der Waals surface area contributed by atoms with Crippen LogP contribution >= 0.6 is 0 Å². The maximum absolute atomic E-state index is 9.64. The van der Waals surface area contributed by atoms with Gasteiger partial charge in [0.1, 0.15) is 11.6 Å². The van der Waals surface area contributed by atoms with E-state index in [1.807, 2.05) is 63.2 Å². The lowest BCUT2D eigenvalue weighted by Gasteiger charge is -2.15. The molecule has 2 aromatic carbocycles. The highest BCUT2D eigenvalue weighted by molar-refractivity contribution is 5.88. The van der Waals surface area contributed by atoms with Gasteiger partial charge >= 0.3 is 0 Å². The molecule has 6 heteroatoms. The molecule has 0 unspecified atom stereocenters. The average molecular weight is 375 g/mol. The standard InChI is InChI=1S/C22H21N3O3/c1-14(2)27-20-17(6-5-7-19(20)26-4)12-18(13-23)22-24-21(25-28-22)16-10-8-15(3)9-11-16/h5-12,14H,1-4H3/b18-12+. The first-order valence-electron chi connectivity index (χ1n) is 8.88. The third-order valence-electron chi connectivity index (χ3n) is 3.97. The first-order chi connectivity index (χ1) is 13.5. The fraction of sp³-hybridized carbons (Fsp3) is 0.227. The van der Waals surface area contributed by atoms with Gasteiger partial charge in [-0.15, -0.1) is 0 Å². The Bertz CT molecular complexity index is 1030. The second kappa shape index (κ2) is 8.40. The van der Waals surface area contributed by atoms with Crippen LogP contribution < -0.4 is 9.47 Å². The highest BCUT2D eigenvalue weighted by Gasteiger charge is 2.16. The molecule has 0 radical (unpaired) electrons. The zero-order valence-corrected chi connectivity index (χ0v) is 16.3. The fourth-order valence-corrected chi connectivity index (χ4v) is 2.62. The molecule has 0 aliphatic heterocycles. The van der Waals surface area contributed by atoms with E-state index in [4.69, 9.17) is 14.0 Å². The minimum absolute atomic E-state index is 0.0504. The van der Waals surface area contributed by atoms with Gasteiger partial charge in [0.05, 0.1) is 13.2 Å². The molecule has 1 heterocycles. The van der Waals surface area contributed by atoms with Crippen LogP contribution in [0.25, 0.3) is 23.0 Å². The van der Waals surface area contributed by atoms with Crippen molar-refractivity contribution in [3.63, 3.8) is 0 Å². The molecule has 0 aliphatic carbocycles. The molecule has 0 atom stereocenters. The molecule has 0 bridgehead atoms. The molecule has 0 N–H and O–H groups in total. The van der Waals surface area contributed by atoms with E-state index < -0.39 is 0 Å². The van der Waals surface area contributed by atoms with Crippen LogP contribution in [0.15, 0.2) is 47.0 Å². The van der Waals surface area contributed by atoms with Gasteiger partial charge in [0, 0.05) is 11.1 Å². The van der Waals surface area contributed by atoms with Gasteiger partial charge in [0.25, 0.3) is 5.89 Å². The smallest absolute Gasteiger partial charge is 0.268 e. The van der Waals surface area contributed by atoms with Crippen molar-refractivity contribution in [1.82, 2.24) is 10.1 Å². The topological polar surface area (TPSA) is 81.2 Å². The Morgan fingerprint density at radius 3 is 2.57 bits per heavy atom. The molecule has 1 aromatic heterocycles. The predicted octanol–water partition coefficient (Wildman–Crippen LogP) is 4.91. The molecular weight excluding hydrogens is 354 g/mol. The zero-order chi connectivity index (χ0) is 20.1. The van der Waals surface area contributed by atoms with E-state index in [0.29, 0.717) is 22.9 Å². The summed E-state index contributed by atoms with van der Waals surface area (Å²) in [6, 6.07) is 15.4. The Morgan fingerprint density at radius 1 is 1.18 bits per heavy atom. The number of benzene rings is 2. The van der Waals surface area contributed by atoms with E-state index in [0.717, 1.165) is 11.1 Å². The van der Waals surface area contributed by atoms with Gasteiger partial charge in [-0.05, 0) is 32.9 Å². The van der Waals surface area contributed by atoms with Crippen LogP contribution in [0.5, 0.6) is 11.5 Å². The minimum Gasteiger partial charge on any atom is -0.493 e. The van der Waals surface area contributed by atoms with Crippen molar-refractivity contribution >= 4 is 11.6 Å². The normalized spacial score (nSPS) is 11.4. The molecule has 0 aliphatic rings. The van der Waals surface area contributed by atoms with Crippen LogP contribution in [0.3, 0.4) is 0 Å². The summed E-state index contributed by atoms with van der Waals surface area (Å²) in [6.07, 6.45) is 1.61. The van der Waals surface area contributed by atoms with Crippen LogP contribution in [-0.2, 0) is 0 Å². The van der Waals surface area contributed by atoms with Gasteiger partial charge < -0.3 is 14.0 Å². The largest absolute Gasteiger partial charge is 0.493 e. The van der Waals surface area contributed by atoms with Crippen LogP contribution in [0, 0.1) is 18.3 Å². The van der Waals surface area contributed by atoms with Crippen molar-refractivity contribution in [3.05, 3.63) is 59.5 Å². The number of methoxy groups -OCH3 is 1. The summed E-state index contributed by atoms with van der Waals surface area (Å²) < 4.78 is 16.6. The summed E-state index contributed by atoms with van der Waals surface area (Å²) in [7, 11) is 1.58. The van der Waals surface area contributed by atoms with Crippen molar-refractivity contribution in [2.75, 3.05) is 7.11 Å². The number of nitrogens with zero attached hydrogens (tertiary/aromatic N) is 3. The lowest BCUT2D eigenvalue weighted by atomic mass is 10.1. The summed E-state index contributed by atoms with van der Waals surface area (Å²) in [5.41, 5.74) is 2.90. The zero-order valence-electron chi connectivity index (χ0n) is 16.3. The summed E-state index contributed by atoms with van der Waals surface area (Å²) in [5, 5.41) is 13.6. The molecule has 3 aromatic rings. The molecule has 0 spiro atoms. The number of para-hydroxylation sites is 1. The molecule has 0 fully saturated rings. The molecular formula is C22H21N3O3. The van der Waals surface area contributed by atoms with Crippen molar-refractivity contribution in [1.29, 1.82) is 5.26 Å². The second-order valence-corrected chi connectivity index (χ2v) is 6.50. The lowest BCUT2D eigenvalue weighted by Crippen LogP contribution is -2.08. The highest BCUT2D eigenvalue weighted by Crippen LogP contribution is 2.34. The Labute approximate surface area is 164 Å². The predicted molar refractivity (Wildman–Crippen MR) is 107 cm³/mol. The first kappa shape index (κ1) is 19.2. The number of hydrogen-bond acceptors (Lipinski definition) is 6. The summed E-state index contributed by atoms with van der Waals surface area (Å²) >= 11 is 0. The van der Waals surface area contributed by atoms with Crippen LogP contribution in [0.4, 0.5) is 0 Å². The number of allylic oxidation sites excluding steroid dienone is 1. The maximum Gasteiger partial charge on any atom is 0.268 e. The monoisotopic (exact) mass is 375 g/mol. The molecule has 0 saturated heterocycles. The SMILES string of the molecule is COc1cccc(/C=C(\C#N)c2nc(-c3ccc(C)cc3)no2)c1OC(C)C. The van der Waals surface area contributed by atoms with E-state index in [2.05, 4.69) is 16.2 Å². The molecule has 0 amide bonds. The molecule has 0 saturated carbocycles. The highest BCUT2D eigenvalue weighted by atomic mass is 16.5. The van der Waals surface area contributed by atoms with E-state index >= 15 is 0 Å². The molecule has 6 nitrogen and oxygen atoms in total. The number of aryl methyl sites for hydroxylation is 1. The minimum atomic E-state index is -0.0504. The fourth-order valence-electron chi connectivity index (χ4n) is 2.62. The molecule has 3 rings (SSSR count). The Hall–Kier alpha value is -3.59. The Balaban J connectivity index is 2.00. The van der Waals surface area contributed by atoms with Gasteiger partial charge in [0.2, 0.25) is 5.82 Å². The Morgan fingerprint density at radius 2 is 1.93 bits per heavy atom. The maximum atomic E-state index is 9.64. The number of nitriles is 1. The third kappa shape index (κ3) is 4.21. The van der Waals surface area contributed by atoms with Gasteiger partial charge in [0.15, 0.2) is 11.5 Å². The van der Waals surface area contributed by atoms with E-state index in [-0.39, 0.29) is 17.6 Å². The van der Waals surface area contributed by atoms with Crippen molar-refractivity contribution in [2.45, 2.75) is 26.9 Å². The molecule has 28 heavy (non-hydrogen) atoms. The number of hydrogen-bond donors (Lipinski definition) is 0. The van der Waals surface area contributed by atoms with Gasteiger partial charge in [-0.2, -0.15) is 10.2 Å². The molecule has 142 valence electrons. The van der Waals surface area contributed by atoms with Crippen molar-refractivity contribution in [2.24, 2.45) is 0 Å². The number of rotatable bonds is 6. The number of ether oxygens (including phenoxy) is 2. The van der Waals surface area contributed by atoms with E-state index in [1.54, 1.807) is 13.2 Å². The quantitative estimate of drug-likeness (QED) is 0.570. The van der Waals surface area contributed by atoms with Crippen molar-refractivity contribution < 1.29 is 14.0 Å². The number of aromatic nitrogens is 2. The van der Waals surface area contributed by atoms with E-state index in [1.165, 1.54) is 0 Å². The summed E-state index contributed by atoms with van der Waals surface area (Å²) in [5.74, 6) is 1.73. The van der Waals surface area contributed by atoms with Crippen molar-refractivity contribution in [3.8, 4) is 29.0 Å². The average Bonchev–Trinajstić information content (AvgIpc) is 3.17. The second-order valence-electron chi connectivity index (χ2n) is 6.50. The Kier molecular flexibility index (Phi) is 5.75. The van der Waals surface area contributed by atoms with E-state index in [9.17, 15) is 5.26 Å². The summed E-state index contributed by atoms with van der Waals surface area (Å²) in [4.78, 5) is 4.37.